The van der Waals surface area contributed by atoms with Gasteiger partial charge in [0.2, 0.25) is 0 Å². The number of hydrogen-bond donors (Lipinski definition) is 2. The summed E-state index contributed by atoms with van der Waals surface area (Å²) in [6.45, 7) is 0. The van der Waals surface area contributed by atoms with E-state index in [-0.39, 0.29) is 5.56 Å². The first kappa shape index (κ1) is 15.5. The normalized spacial score (nSPS) is 10.7. The van der Waals surface area contributed by atoms with Crippen molar-refractivity contribution in [2.24, 2.45) is 5.10 Å². The molecule has 0 heterocycles. The maximum atomic E-state index is 11.1. The summed E-state index contributed by atoms with van der Waals surface area (Å²) >= 11 is 0. The van der Waals surface area contributed by atoms with E-state index in [1.807, 2.05) is 42.5 Å². The van der Waals surface area contributed by atoms with Gasteiger partial charge in [-0.3, -0.25) is 5.43 Å². The highest BCUT2D eigenvalue weighted by atomic mass is 16.4. The topological polar surface area (TPSA) is 61.7 Å². The van der Waals surface area contributed by atoms with E-state index in [9.17, 15) is 4.79 Å². The first-order chi connectivity index (χ1) is 11.7. The second-order valence-electron chi connectivity index (χ2n) is 5.21. The molecule has 0 fully saturated rings. The molecule has 0 bridgehead atoms. The third-order valence-corrected chi connectivity index (χ3v) is 3.57. The molecule has 4 nitrogen and oxygen atoms in total. The summed E-state index contributed by atoms with van der Waals surface area (Å²) < 4.78 is 0. The number of hydrogen-bond acceptors (Lipinski definition) is 3. The molecule has 3 rings (SSSR count). The van der Waals surface area contributed by atoms with Crippen molar-refractivity contribution >= 4 is 17.9 Å². The average Bonchev–Trinajstić information content (AvgIpc) is 2.63. The predicted molar refractivity (Wildman–Crippen MR) is 96.5 cm³/mol. The van der Waals surface area contributed by atoms with Crippen LogP contribution in [-0.4, -0.2) is 17.3 Å². The molecule has 24 heavy (non-hydrogen) atoms. The number of anilines is 1. The van der Waals surface area contributed by atoms with Gasteiger partial charge >= 0.3 is 5.97 Å². The lowest BCUT2D eigenvalue weighted by atomic mass is 10.0. The Bertz CT molecular complexity index is 856. The standard InChI is InChI=1S/C20H16N2O2/c23-20(24)18-8-4-5-9-19(18)22-21-14-15-10-12-17(13-11-15)16-6-2-1-3-7-16/h1-14,22H,(H,23,24)/b21-14+. The Morgan fingerprint density at radius 2 is 1.46 bits per heavy atom. The Balaban J connectivity index is 1.71. The van der Waals surface area contributed by atoms with Crippen molar-refractivity contribution in [1.29, 1.82) is 0 Å². The van der Waals surface area contributed by atoms with Gasteiger partial charge in [0.1, 0.15) is 0 Å². The number of nitrogens with zero attached hydrogens (tertiary/aromatic N) is 1. The Labute approximate surface area is 140 Å². The summed E-state index contributed by atoms with van der Waals surface area (Å²) in [6.07, 6.45) is 1.66. The van der Waals surface area contributed by atoms with Crippen molar-refractivity contribution in [3.63, 3.8) is 0 Å². The van der Waals surface area contributed by atoms with Gasteiger partial charge in [-0.2, -0.15) is 5.10 Å². The van der Waals surface area contributed by atoms with Crippen molar-refractivity contribution < 1.29 is 9.90 Å². The van der Waals surface area contributed by atoms with Gasteiger partial charge in [0.15, 0.2) is 0 Å². The third kappa shape index (κ3) is 3.67. The Hall–Kier alpha value is -3.40. The van der Waals surface area contributed by atoms with Crippen molar-refractivity contribution in [2.75, 3.05) is 5.43 Å². The van der Waals surface area contributed by atoms with Crippen LogP contribution in [0, 0.1) is 0 Å². The Morgan fingerprint density at radius 3 is 2.17 bits per heavy atom. The van der Waals surface area contributed by atoms with Gasteiger partial charge in [0.05, 0.1) is 17.5 Å². The van der Waals surface area contributed by atoms with Gasteiger partial charge in [0.25, 0.3) is 0 Å². The highest BCUT2D eigenvalue weighted by Crippen LogP contribution is 2.19. The number of carboxylic acid groups (broad SMARTS) is 1. The van der Waals surface area contributed by atoms with Crippen molar-refractivity contribution in [3.8, 4) is 11.1 Å². The van der Waals surface area contributed by atoms with E-state index in [1.54, 1.807) is 24.4 Å². The van der Waals surface area contributed by atoms with Gasteiger partial charge in [-0.25, -0.2) is 4.79 Å². The molecule has 0 saturated carbocycles. The van der Waals surface area contributed by atoms with E-state index in [0.717, 1.165) is 16.7 Å². The van der Waals surface area contributed by atoms with Crippen LogP contribution in [0.2, 0.25) is 0 Å². The van der Waals surface area contributed by atoms with Crippen LogP contribution in [0.1, 0.15) is 15.9 Å². The van der Waals surface area contributed by atoms with Crippen molar-refractivity contribution in [2.45, 2.75) is 0 Å². The lowest BCUT2D eigenvalue weighted by Crippen LogP contribution is -2.02. The molecular formula is C20H16N2O2. The fourth-order valence-corrected chi connectivity index (χ4v) is 2.34. The molecule has 0 aliphatic heterocycles. The molecule has 2 N–H and O–H groups in total. The number of benzene rings is 3. The first-order valence-electron chi connectivity index (χ1n) is 7.51. The van der Waals surface area contributed by atoms with Crippen LogP contribution in [0.3, 0.4) is 0 Å². The minimum Gasteiger partial charge on any atom is -0.478 e. The molecule has 0 radical (unpaired) electrons. The number of para-hydroxylation sites is 1. The third-order valence-electron chi connectivity index (χ3n) is 3.57. The zero-order chi connectivity index (χ0) is 16.8. The highest BCUT2D eigenvalue weighted by molar-refractivity contribution is 5.94. The molecule has 3 aromatic rings. The molecule has 118 valence electrons. The highest BCUT2D eigenvalue weighted by Gasteiger charge is 2.07. The molecule has 0 saturated heterocycles. The first-order valence-corrected chi connectivity index (χ1v) is 7.51. The van der Waals surface area contributed by atoms with E-state index in [4.69, 9.17) is 5.11 Å². The van der Waals surface area contributed by atoms with Gasteiger partial charge < -0.3 is 5.11 Å². The van der Waals surface area contributed by atoms with Crippen LogP contribution >= 0.6 is 0 Å². The summed E-state index contributed by atoms with van der Waals surface area (Å²) in [5.41, 5.74) is 6.65. The largest absolute Gasteiger partial charge is 0.478 e. The Morgan fingerprint density at radius 1 is 0.833 bits per heavy atom. The Kier molecular flexibility index (Phi) is 4.68. The van der Waals surface area contributed by atoms with Gasteiger partial charge in [0, 0.05) is 0 Å². The molecule has 0 aromatic heterocycles. The fraction of sp³-hybridized carbons (Fsp3) is 0. The molecule has 0 amide bonds. The molecular weight excluding hydrogens is 300 g/mol. The number of rotatable bonds is 5. The van der Waals surface area contributed by atoms with Crippen molar-refractivity contribution in [3.05, 3.63) is 90.0 Å². The van der Waals surface area contributed by atoms with Crippen molar-refractivity contribution in [1.82, 2.24) is 0 Å². The second kappa shape index (κ2) is 7.24. The second-order valence-corrected chi connectivity index (χ2v) is 5.21. The van der Waals surface area contributed by atoms with Crippen LogP contribution in [0.5, 0.6) is 0 Å². The van der Waals surface area contributed by atoms with Gasteiger partial charge in [-0.05, 0) is 28.8 Å². The molecule has 0 spiro atoms. The number of carbonyl (C=O) groups is 1. The number of aromatic carboxylic acids is 1. The average molecular weight is 316 g/mol. The zero-order valence-electron chi connectivity index (χ0n) is 12.9. The van der Waals surface area contributed by atoms with E-state index in [1.165, 1.54) is 6.07 Å². The van der Waals surface area contributed by atoms with Gasteiger partial charge in [-0.1, -0.05) is 66.7 Å². The van der Waals surface area contributed by atoms with E-state index >= 15 is 0 Å². The quantitative estimate of drug-likeness (QED) is 0.538. The zero-order valence-corrected chi connectivity index (χ0v) is 12.9. The maximum absolute atomic E-state index is 11.1. The lowest BCUT2D eigenvalue weighted by Gasteiger charge is -2.04. The SMILES string of the molecule is O=C(O)c1ccccc1N/N=C/c1ccc(-c2ccccc2)cc1. The molecule has 0 atom stereocenters. The van der Waals surface area contributed by atoms with E-state index in [2.05, 4.69) is 22.7 Å². The van der Waals surface area contributed by atoms with E-state index < -0.39 is 5.97 Å². The lowest BCUT2D eigenvalue weighted by molar-refractivity contribution is 0.0698. The summed E-state index contributed by atoms with van der Waals surface area (Å²) in [7, 11) is 0. The molecule has 0 aliphatic rings. The molecule has 4 heteroatoms. The number of hydrazone groups is 1. The van der Waals surface area contributed by atoms with Crippen LogP contribution in [0.15, 0.2) is 84.0 Å². The molecule has 0 aliphatic carbocycles. The van der Waals surface area contributed by atoms with Crippen LogP contribution in [0.4, 0.5) is 5.69 Å². The summed E-state index contributed by atoms with van der Waals surface area (Å²) in [6, 6.07) is 24.8. The minimum absolute atomic E-state index is 0.189. The monoisotopic (exact) mass is 316 g/mol. The summed E-state index contributed by atoms with van der Waals surface area (Å²) in [5.74, 6) is -0.986. The smallest absolute Gasteiger partial charge is 0.337 e. The number of nitrogens with one attached hydrogen (secondary N) is 1. The number of carboxylic acids is 1. The predicted octanol–water partition coefficient (Wildman–Crippen LogP) is 4.50. The minimum atomic E-state index is -0.986. The molecule has 0 unspecified atom stereocenters. The van der Waals surface area contributed by atoms with Crippen LogP contribution < -0.4 is 5.43 Å². The van der Waals surface area contributed by atoms with Crippen LogP contribution in [0.25, 0.3) is 11.1 Å². The maximum Gasteiger partial charge on any atom is 0.337 e. The summed E-state index contributed by atoms with van der Waals surface area (Å²) in [5, 5.41) is 13.2. The summed E-state index contributed by atoms with van der Waals surface area (Å²) in [4.78, 5) is 11.1. The molecule has 3 aromatic carbocycles. The fourth-order valence-electron chi connectivity index (χ4n) is 2.34. The van der Waals surface area contributed by atoms with Gasteiger partial charge in [-0.15, -0.1) is 0 Å². The van der Waals surface area contributed by atoms with Crippen LogP contribution in [-0.2, 0) is 0 Å². The van der Waals surface area contributed by atoms with E-state index in [0.29, 0.717) is 5.69 Å².